The minimum atomic E-state index is -0.922. The maximum Gasteiger partial charge on any atom is 0.410 e. The lowest BCUT2D eigenvalue weighted by atomic mass is 9.95. The average Bonchev–Trinajstić information content (AvgIpc) is 2.98. The molecule has 3 aromatic carbocycles. The molecule has 1 aliphatic heterocycles. The van der Waals surface area contributed by atoms with Gasteiger partial charge in [0.15, 0.2) is 0 Å². The Balaban J connectivity index is 1.31. The second kappa shape index (κ2) is 14.4. The summed E-state index contributed by atoms with van der Waals surface area (Å²) in [5, 5.41) is 18.1. The van der Waals surface area contributed by atoms with Gasteiger partial charge < -0.3 is 30.1 Å². The molecule has 4 rings (SSSR count). The molecule has 0 saturated carbocycles. The van der Waals surface area contributed by atoms with Crippen LogP contribution in [0.25, 0.3) is 0 Å². The number of piperidine rings is 1. The normalized spacial score (nSPS) is 14.6. The van der Waals surface area contributed by atoms with Gasteiger partial charge in [-0.15, -0.1) is 0 Å². The minimum absolute atomic E-state index is 0.270. The summed E-state index contributed by atoms with van der Waals surface area (Å²) in [4.78, 5) is 26.3. The Hall–Kier alpha value is -3.75. The largest absolute Gasteiger partial charge is 0.445 e. The number of nitrogens with zero attached hydrogens (tertiary/aromatic N) is 1. The lowest BCUT2D eigenvalue weighted by Gasteiger charge is -2.32. The first-order valence-electron chi connectivity index (χ1n) is 14.3. The summed E-state index contributed by atoms with van der Waals surface area (Å²) in [7, 11) is 0. The van der Waals surface area contributed by atoms with Gasteiger partial charge in [0.05, 0.1) is 0 Å². The number of carbonyl (C=O) groups excluding carboxylic acids is 2. The molecule has 2 amide bonds. The SMILES string of the molecule is CC(C)(C)OC(=O)NCc1cccc(C(O)c2cc(Cl)ccc2NCC2CCN(C(=O)OCc3ccccc3)CC2)c1. The minimum Gasteiger partial charge on any atom is -0.445 e. The number of amides is 2. The average molecular weight is 594 g/mol. The molecule has 1 aliphatic rings. The molecule has 3 aromatic rings. The van der Waals surface area contributed by atoms with E-state index in [9.17, 15) is 14.7 Å². The summed E-state index contributed by atoms with van der Waals surface area (Å²) in [5.74, 6) is 0.367. The van der Waals surface area contributed by atoms with Gasteiger partial charge in [-0.1, -0.05) is 66.2 Å². The lowest BCUT2D eigenvalue weighted by molar-refractivity contribution is 0.0523. The zero-order chi connectivity index (χ0) is 30.1. The van der Waals surface area contributed by atoms with Crippen molar-refractivity contribution in [1.29, 1.82) is 0 Å². The summed E-state index contributed by atoms with van der Waals surface area (Å²) in [6.07, 6.45) is 0.00695. The van der Waals surface area contributed by atoms with Crippen LogP contribution in [0.1, 0.15) is 62.0 Å². The zero-order valence-electron chi connectivity index (χ0n) is 24.4. The van der Waals surface area contributed by atoms with E-state index in [-0.39, 0.29) is 19.2 Å². The molecule has 224 valence electrons. The predicted molar refractivity (Wildman–Crippen MR) is 164 cm³/mol. The van der Waals surface area contributed by atoms with E-state index in [1.807, 2.05) is 81.4 Å². The molecule has 9 heteroatoms. The number of benzene rings is 3. The van der Waals surface area contributed by atoms with Crippen molar-refractivity contribution in [2.75, 3.05) is 25.0 Å². The van der Waals surface area contributed by atoms with Gasteiger partial charge in [-0.25, -0.2) is 9.59 Å². The van der Waals surface area contributed by atoms with Gasteiger partial charge in [0.2, 0.25) is 0 Å². The topological polar surface area (TPSA) is 100 Å². The Morgan fingerprint density at radius 2 is 1.71 bits per heavy atom. The van der Waals surface area contributed by atoms with Gasteiger partial charge in [0.25, 0.3) is 0 Å². The third-order valence-corrected chi connectivity index (χ3v) is 7.30. The Kier molecular flexibility index (Phi) is 10.7. The number of anilines is 1. The highest BCUT2D eigenvalue weighted by atomic mass is 35.5. The molecule has 0 spiro atoms. The predicted octanol–water partition coefficient (Wildman–Crippen LogP) is 6.91. The molecule has 0 aromatic heterocycles. The van der Waals surface area contributed by atoms with Crippen LogP contribution in [0.15, 0.2) is 72.8 Å². The van der Waals surface area contributed by atoms with Crippen LogP contribution in [0.4, 0.5) is 15.3 Å². The summed E-state index contributed by atoms with van der Waals surface area (Å²) < 4.78 is 10.8. The van der Waals surface area contributed by atoms with E-state index in [0.717, 1.165) is 29.7 Å². The number of alkyl carbamates (subject to hydrolysis) is 1. The lowest BCUT2D eigenvalue weighted by Crippen LogP contribution is -2.40. The molecule has 1 saturated heterocycles. The summed E-state index contributed by atoms with van der Waals surface area (Å²) in [6.45, 7) is 7.96. The van der Waals surface area contributed by atoms with Gasteiger partial charge in [0.1, 0.15) is 18.3 Å². The molecule has 1 atom stereocenters. The molecule has 8 nitrogen and oxygen atoms in total. The number of ether oxygens (including phenoxy) is 2. The number of nitrogens with one attached hydrogen (secondary N) is 2. The maximum absolute atomic E-state index is 12.5. The summed E-state index contributed by atoms with van der Waals surface area (Å²) in [5.41, 5.74) is 3.38. The van der Waals surface area contributed by atoms with Crippen LogP contribution >= 0.6 is 11.6 Å². The first-order valence-corrected chi connectivity index (χ1v) is 14.7. The van der Waals surface area contributed by atoms with Gasteiger partial charge in [-0.3, -0.25) is 0 Å². The third-order valence-electron chi connectivity index (χ3n) is 7.07. The maximum atomic E-state index is 12.5. The molecule has 0 radical (unpaired) electrons. The van der Waals surface area contributed by atoms with Crippen molar-refractivity contribution in [3.8, 4) is 0 Å². The Morgan fingerprint density at radius 3 is 2.43 bits per heavy atom. The second-order valence-corrected chi connectivity index (χ2v) is 12.0. The van der Waals surface area contributed by atoms with Crippen molar-refractivity contribution < 1.29 is 24.2 Å². The second-order valence-electron chi connectivity index (χ2n) is 11.6. The van der Waals surface area contributed by atoms with Crippen molar-refractivity contribution in [2.24, 2.45) is 5.92 Å². The molecule has 3 N–H and O–H groups in total. The fourth-order valence-electron chi connectivity index (χ4n) is 4.85. The van der Waals surface area contributed by atoms with Gasteiger partial charge in [-0.2, -0.15) is 0 Å². The van der Waals surface area contributed by atoms with Crippen LogP contribution in [0.5, 0.6) is 0 Å². The van der Waals surface area contributed by atoms with E-state index in [4.69, 9.17) is 21.1 Å². The molecule has 1 fully saturated rings. The molecule has 1 unspecified atom stereocenters. The van der Waals surface area contributed by atoms with Crippen LogP contribution < -0.4 is 10.6 Å². The number of rotatable bonds is 9. The van der Waals surface area contributed by atoms with Crippen molar-refractivity contribution in [3.05, 3.63) is 100 Å². The number of hydrogen-bond donors (Lipinski definition) is 3. The Morgan fingerprint density at radius 1 is 1.00 bits per heavy atom. The van der Waals surface area contributed by atoms with E-state index in [1.165, 1.54) is 0 Å². The van der Waals surface area contributed by atoms with Gasteiger partial charge in [-0.05, 0) is 74.4 Å². The highest BCUT2D eigenvalue weighted by molar-refractivity contribution is 6.30. The standard InChI is InChI=1S/C33H40ClN3O5/c1-33(2,3)42-31(39)36-21-25-10-7-11-26(18-25)30(38)28-19-27(34)12-13-29(28)35-20-23-14-16-37(17-15-23)32(40)41-22-24-8-5-4-6-9-24/h4-13,18-19,23,30,35,38H,14-17,20-22H2,1-3H3,(H,36,39). The number of likely N-dealkylation sites (tertiary alicyclic amines) is 1. The highest BCUT2D eigenvalue weighted by Crippen LogP contribution is 2.32. The van der Waals surface area contributed by atoms with E-state index in [0.29, 0.717) is 41.7 Å². The fourth-order valence-corrected chi connectivity index (χ4v) is 5.03. The first kappa shape index (κ1) is 31.2. The van der Waals surface area contributed by atoms with Gasteiger partial charge >= 0.3 is 12.2 Å². The van der Waals surface area contributed by atoms with E-state index >= 15 is 0 Å². The van der Waals surface area contributed by atoms with Crippen LogP contribution in [0, 0.1) is 5.92 Å². The van der Waals surface area contributed by atoms with Crippen LogP contribution in [-0.2, 0) is 22.6 Å². The van der Waals surface area contributed by atoms with Crippen LogP contribution in [-0.4, -0.2) is 47.4 Å². The third kappa shape index (κ3) is 9.39. The van der Waals surface area contributed by atoms with Crippen LogP contribution in [0.2, 0.25) is 5.02 Å². The fraction of sp³-hybridized carbons (Fsp3) is 0.394. The van der Waals surface area contributed by atoms with Crippen LogP contribution in [0.3, 0.4) is 0 Å². The molecular weight excluding hydrogens is 554 g/mol. The van der Waals surface area contributed by atoms with Gasteiger partial charge in [0, 0.05) is 42.5 Å². The Labute approximate surface area is 253 Å². The summed E-state index contributed by atoms with van der Waals surface area (Å²) >= 11 is 6.33. The Bertz CT molecular complexity index is 1340. The number of carbonyl (C=O) groups is 2. The van der Waals surface area contributed by atoms with E-state index < -0.39 is 17.8 Å². The zero-order valence-corrected chi connectivity index (χ0v) is 25.2. The molecule has 0 bridgehead atoms. The molecular formula is C33H40ClN3O5. The molecule has 1 heterocycles. The van der Waals surface area contributed by atoms with Crippen molar-refractivity contribution >= 4 is 29.5 Å². The number of hydrogen-bond acceptors (Lipinski definition) is 6. The van der Waals surface area contributed by atoms with E-state index in [1.54, 1.807) is 17.0 Å². The van der Waals surface area contributed by atoms with E-state index in [2.05, 4.69) is 10.6 Å². The number of aliphatic hydroxyl groups excluding tert-OH is 1. The molecule has 0 aliphatic carbocycles. The number of aliphatic hydroxyl groups is 1. The highest BCUT2D eigenvalue weighted by Gasteiger charge is 2.24. The van der Waals surface area contributed by atoms with Crippen molar-refractivity contribution in [1.82, 2.24) is 10.2 Å². The van der Waals surface area contributed by atoms with Crippen molar-refractivity contribution in [3.63, 3.8) is 0 Å². The first-order chi connectivity index (χ1) is 20.1. The smallest absolute Gasteiger partial charge is 0.410 e. The quantitative estimate of drug-likeness (QED) is 0.249. The monoisotopic (exact) mass is 593 g/mol. The number of halogens is 1. The van der Waals surface area contributed by atoms with Crippen molar-refractivity contribution in [2.45, 2.75) is 58.5 Å². The molecule has 42 heavy (non-hydrogen) atoms. The summed E-state index contributed by atoms with van der Waals surface area (Å²) in [6, 6.07) is 22.6.